The molecule has 0 spiro atoms. The molecule has 1 heterocycles. The van der Waals surface area contributed by atoms with Crippen LogP contribution in [0.2, 0.25) is 0 Å². The van der Waals surface area contributed by atoms with E-state index in [0.29, 0.717) is 11.7 Å². The molecule has 5 nitrogen and oxygen atoms in total. The van der Waals surface area contributed by atoms with E-state index in [9.17, 15) is 5.11 Å². The Balaban J connectivity index is 2.82. The zero-order valence-corrected chi connectivity index (χ0v) is 10.9. The number of nitrogen functional groups attached to an aromatic ring is 1. The van der Waals surface area contributed by atoms with Crippen molar-refractivity contribution in [1.29, 1.82) is 0 Å². The summed E-state index contributed by atoms with van der Waals surface area (Å²) >= 11 is 2.13. The lowest BCUT2D eigenvalue weighted by Crippen LogP contribution is -2.30. The molecule has 0 radical (unpaired) electrons. The van der Waals surface area contributed by atoms with Crippen LogP contribution in [0.25, 0.3) is 0 Å². The predicted octanol–water partition coefficient (Wildman–Crippen LogP) is 1.09. The van der Waals surface area contributed by atoms with Gasteiger partial charge in [0.2, 0.25) is 5.95 Å². The lowest BCUT2D eigenvalue weighted by molar-refractivity contribution is 0.249. The molecule has 84 valence electrons. The monoisotopic (exact) mass is 322 g/mol. The van der Waals surface area contributed by atoms with Crippen molar-refractivity contribution < 1.29 is 5.11 Å². The van der Waals surface area contributed by atoms with E-state index in [1.807, 2.05) is 13.8 Å². The number of aliphatic hydroxyl groups excluding tert-OH is 1. The van der Waals surface area contributed by atoms with Crippen molar-refractivity contribution in [2.45, 2.75) is 19.9 Å². The zero-order valence-electron chi connectivity index (χ0n) is 8.74. The minimum absolute atomic E-state index is 0.0205. The molecule has 1 aromatic rings. The summed E-state index contributed by atoms with van der Waals surface area (Å²) in [5.74, 6) is 1.23. The summed E-state index contributed by atoms with van der Waals surface area (Å²) in [6, 6.07) is -0.0205. The Kier molecular flexibility index (Phi) is 4.52. The Morgan fingerprint density at radius 3 is 2.80 bits per heavy atom. The molecule has 0 fully saturated rings. The van der Waals surface area contributed by atoms with Gasteiger partial charge in [-0.3, -0.25) is 0 Å². The second-order valence-corrected chi connectivity index (χ2v) is 4.76. The minimum atomic E-state index is -0.0205. The number of hydrogen-bond donors (Lipinski definition) is 3. The van der Waals surface area contributed by atoms with Crippen molar-refractivity contribution >= 4 is 34.4 Å². The highest BCUT2D eigenvalue weighted by molar-refractivity contribution is 14.1. The molecule has 0 aliphatic rings. The number of aromatic nitrogens is 2. The first-order chi connectivity index (χ1) is 7.04. The van der Waals surface area contributed by atoms with E-state index in [0.717, 1.165) is 3.57 Å². The lowest BCUT2D eigenvalue weighted by Gasteiger charge is -2.21. The number of hydrogen-bond acceptors (Lipinski definition) is 5. The average molecular weight is 322 g/mol. The van der Waals surface area contributed by atoms with Crippen molar-refractivity contribution in [2.75, 3.05) is 17.7 Å². The Bertz CT molecular complexity index is 332. The first kappa shape index (κ1) is 12.4. The zero-order chi connectivity index (χ0) is 11.4. The largest absolute Gasteiger partial charge is 0.394 e. The fourth-order valence-electron chi connectivity index (χ4n) is 1.08. The van der Waals surface area contributed by atoms with E-state index in [-0.39, 0.29) is 18.6 Å². The van der Waals surface area contributed by atoms with Gasteiger partial charge in [-0.25, -0.2) is 4.98 Å². The third kappa shape index (κ3) is 3.45. The van der Waals surface area contributed by atoms with E-state index in [2.05, 4.69) is 37.9 Å². The summed E-state index contributed by atoms with van der Waals surface area (Å²) < 4.78 is 0.890. The number of nitrogens with one attached hydrogen (secondary N) is 1. The van der Waals surface area contributed by atoms with Gasteiger partial charge in [0, 0.05) is 6.20 Å². The van der Waals surface area contributed by atoms with Crippen molar-refractivity contribution in [1.82, 2.24) is 9.97 Å². The molecule has 0 bridgehead atoms. The molecule has 0 saturated carbocycles. The molecule has 0 aliphatic carbocycles. The van der Waals surface area contributed by atoms with Crippen LogP contribution in [0, 0.1) is 9.49 Å². The van der Waals surface area contributed by atoms with Gasteiger partial charge in [0.05, 0.1) is 16.2 Å². The molecular weight excluding hydrogens is 307 g/mol. The summed E-state index contributed by atoms with van der Waals surface area (Å²) in [6.45, 7) is 4.13. The van der Waals surface area contributed by atoms with Crippen molar-refractivity contribution in [2.24, 2.45) is 5.92 Å². The van der Waals surface area contributed by atoms with Gasteiger partial charge in [-0.05, 0) is 28.5 Å². The van der Waals surface area contributed by atoms with Gasteiger partial charge in [0.25, 0.3) is 0 Å². The number of aliphatic hydroxyl groups is 1. The summed E-state index contributed by atoms with van der Waals surface area (Å²) in [4.78, 5) is 7.95. The normalized spacial score (nSPS) is 12.9. The quantitative estimate of drug-likeness (QED) is 0.723. The molecule has 0 amide bonds. The Hall–Kier alpha value is -0.630. The van der Waals surface area contributed by atoms with Crippen molar-refractivity contribution in [3.05, 3.63) is 9.77 Å². The van der Waals surface area contributed by atoms with Gasteiger partial charge < -0.3 is 16.2 Å². The smallest absolute Gasteiger partial charge is 0.221 e. The molecule has 1 atom stereocenters. The maximum atomic E-state index is 9.18. The Morgan fingerprint density at radius 1 is 1.60 bits per heavy atom. The molecule has 15 heavy (non-hydrogen) atoms. The van der Waals surface area contributed by atoms with E-state index in [4.69, 9.17) is 5.73 Å². The highest BCUT2D eigenvalue weighted by Gasteiger charge is 2.14. The van der Waals surface area contributed by atoms with Crippen LogP contribution >= 0.6 is 22.6 Å². The van der Waals surface area contributed by atoms with E-state index < -0.39 is 0 Å². The van der Waals surface area contributed by atoms with Crippen LogP contribution < -0.4 is 11.1 Å². The van der Waals surface area contributed by atoms with Gasteiger partial charge in [-0.2, -0.15) is 4.98 Å². The maximum Gasteiger partial charge on any atom is 0.221 e. The first-order valence-corrected chi connectivity index (χ1v) is 5.78. The number of halogens is 1. The summed E-state index contributed by atoms with van der Waals surface area (Å²) in [5, 5.41) is 12.3. The molecule has 0 aliphatic heterocycles. The fraction of sp³-hybridized carbons (Fsp3) is 0.556. The van der Waals surface area contributed by atoms with E-state index >= 15 is 0 Å². The average Bonchev–Trinajstić information content (AvgIpc) is 2.18. The fourth-order valence-corrected chi connectivity index (χ4v) is 1.50. The van der Waals surface area contributed by atoms with Crippen LogP contribution in [-0.4, -0.2) is 27.7 Å². The summed E-state index contributed by atoms with van der Waals surface area (Å²) in [7, 11) is 0. The van der Waals surface area contributed by atoms with Crippen LogP contribution in [0.15, 0.2) is 6.20 Å². The molecular formula is C9H15IN4O. The Labute approximate surface area is 103 Å². The predicted molar refractivity (Wildman–Crippen MR) is 68.5 cm³/mol. The third-order valence-corrected chi connectivity index (χ3v) is 2.88. The second kappa shape index (κ2) is 5.45. The molecule has 0 aromatic carbocycles. The topological polar surface area (TPSA) is 84.1 Å². The number of nitrogens with zero attached hydrogens (tertiary/aromatic N) is 2. The SMILES string of the molecule is CC(C)[C@H](CO)Nc1nc(N)ncc1I. The molecule has 0 saturated heterocycles. The van der Waals surface area contributed by atoms with E-state index in [1.165, 1.54) is 0 Å². The number of rotatable bonds is 4. The number of nitrogens with two attached hydrogens (primary N) is 1. The van der Waals surface area contributed by atoms with Crippen LogP contribution in [-0.2, 0) is 0 Å². The van der Waals surface area contributed by atoms with Gasteiger partial charge >= 0.3 is 0 Å². The Morgan fingerprint density at radius 2 is 2.27 bits per heavy atom. The molecule has 6 heteroatoms. The van der Waals surface area contributed by atoms with Gasteiger partial charge in [0.1, 0.15) is 5.82 Å². The van der Waals surface area contributed by atoms with Crippen LogP contribution in [0.1, 0.15) is 13.8 Å². The second-order valence-electron chi connectivity index (χ2n) is 3.60. The summed E-state index contributed by atoms with van der Waals surface area (Å²) in [5.41, 5.74) is 5.49. The van der Waals surface area contributed by atoms with E-state index in [1.54, 1.807) is 6.20 Å². The molecule has 0 unspecified atom stereocenters. The van der Waals surface area contributed by atoms with Crippen molar-refractivity contribution in [3.63, 3.8) is 0 Å². The lowest BCUT2D eigenvalue weighted by atomic mass is 10.1. The first-order valence-electron chi connectivity index (χ1n) is 4.70. The molecule has 4 N–H and O–H groups in total. The molecule has 1 aromatic heterocycles. The highest BCUT2D eigenvalue weighted by atomic mass is 127. The highest BCUT2D eigenvalue weighted by Crippen LogP contribution is 2.17. The van der Waals surface area contributed by atoms with Crippen LogP contribution in [0.5, 0.6) is 0 Å². The van der Waals surface area contributed by atoms with Crippen LogP contribution in [0.3, 0.4) is 0 Å². The number of anilines is 2. The third-order valence-electron chi connectivity index (χ3n) is 2.09. The summed E-state index contributed by atoms with van der Waals surface area (Å²) in [6.07, 6.45) is 1.65. The van der Waals surface area contributed by atoms with Gasteiger partial charge in [-0.1, -0.05) is 13.8 Å². The minimum Gasteiger partial charge on any atom is -0.394 e. The standard InChI is InChI=1S/C9H15IN4O/c1-5(2)7(4-15)13-8-6(10)3-12-9(11)14-8/h3,5,7,15H,4H2,1-2H3,(H3,11,12,13,14)/t7-/m0/s1. The van der Waals surface area contributed by atoms with Gasteiger partial charge in [0.15, 0.2) is 0 Å². The van der Waals surface area contributed by atoms with Gasteiger partial charge in [-0.15, -0.1) is 0 Å². The van der Waals surface area contributed by atoms with Crippen LogP contribution in [0.4, 0.5) is 11.8 Å². The van der Waals surface area contributed by atoms with Crippen molar-refractivity contribution in [3.8, 4) is 0 Å². The maximum absolute atomic E-state index is 9.18. The molecule has 1 rings (SSSR count).